The molecule has 1 N–H and O–H groups in total. The second kappa shape index (κ2) is 10.5. The van der Waals surface area contributed by atoms with Gasteiger partial charge in [0.25, 0.3) is 5.91 Å². The summed E-state index contributed by atoms with van der Waals surface area (Å²) < 4.78 is 32.3. The maximum absolute atomic E-state index is 14.9. The lowest BCUT2D eigenvalue weighted by Crippen LogP contribution is -2.28. The van der Waals surface area contributed by atoms with Crippen molar-refractivity contribution in [2.45, 2.75) is 31.7 Å². The fraction of sp³-hybridized carbons (Fsp3) is 0.259. The summed E-state index contributed by atoms with van der Waals surface area (Å²) in [5.74, 6) is -0.805. The van der Waals surface area contributed by atoms with Crippen LogP contribution in [0.3, 0.4) is 0 Å². The fourth-order valence-corrected chi connectivity index (χ4v) is 6.08. The Morgan fingerprint density at radius 3 is 2.83 bits per heavy atom. The zero-order valence-corrected chi connectivity index (χ0v) is 23.7. The normalized spacial score (nSPS) is 15.6. The zero-order valence-electron chi connectivity index (χ0n) is 21.4. The van der Waals surface area contributed by atoms with Crippen LogP contribution in [0.1, 0.15) is 23.0 Å². The number of nitrogens with zero attached hydrogens (tertiary/aromatic N) is 6. The summed E-state index contributed by atoms with van der Waals surface area (Å²) in [4.78, 5) is 24.1. The maximum atomic E-state index is 14.9. The third kappa shape index (κ3) is 4.87. The Balaban J connectivity index is 1.45. The highest BCUT2D eigenvalue weighted by Crippen LogP contribution is 2.40. The molecule has 0 aliphatic carbocycles. The van der Waals surface area contributed by atoms with Gasteiger partial charge >= 0.3 is 0 Å². The number of aromatic nitrogens is 5. The molecule has 0 saturated carbocycles. The average Bonchev–Trinajstić information content (AvgIpc) is 3.69. The first-order valence-corrected chi connectivity index (χ1v) is 14.0. The van der Waals surface area contributed by atoms with Gasteiger partial charge in [0, 0.05) is 52.9 Å². The number of nitrogens with one attached hydrogen (secondary N) is 1. The molecule has 0 spiro atoms. The predicted molar refractivity (Wildman–Crippen MR) is 152 cm³/mol. The Kier molecular flexibility index (Phi) is 7.07. The average molecular weight is 602 g/mol. The van der Waals surface area contributed by atoms with Gasteiger partial charge in [-0.25, -0.2) is 18.7 Å². The molecule has 1 aliphatic rings. The smallest absolute Gasteiger partial charge is 0.257 e. The topological polar surface area (TPSA) is 80.9 Å². The van der Waals surface area contributed by atoms with Crippen molar-refractivity contribution in [3.05, 3.63) is 81.2 Å². The summed E-state index contributed by atoms with van der Waals surface area (Å²) in [7, 11) is 3.74. The van der Waals surface area contributed by atoms with Gasteiger partial charge in [-0.2, -0.15) is 5.10 Å². The van der Waals surface area contributed by atoms with Crippen molar-refractivity contribution in [1.82, 2.24) is 29.2 Å². The minimum absolute atomic E-state index is 0.137. The molecule has 5 aromatic rings. The quantitative estimate of drug-likeness (QED) is 0.248. The van der Waals surface area contributed by atoms with Crippen LogP contribution in [0.15, 0.2) is 48.4 Å². The van der Waals surface area contributed by atoms with Crippen molar-refractivity contribution in [2.24, 2.45) is 0 Å². The summed E-state index contributed by atoms with van der Waals surface area (Å²) in [6.07, 6.45) is 3.80. The molecule has 0 radical (unpaired) electrons. The number of carbonyl (C=O) groups is 1. The lowest BCUT2D eigenvalue weighted by molar-refractivity contribution is -0.118. The highest BCUT2D eigenvalue weighted by Gasteiger charge is 2.34. The van der Waals surface area contributed by atoms with Crippen LogP contribution in [0.5, 0.6) is 0 Å². The van der Waals surface area contributed by atoms with Crippen LogP contribution in [-0.4, -0.2) is 55.4 Å². The van der Waals surface area contributed by atoms with Crippen molar-refractivity contribution < 1.29 is 13.6 Å². The fourth-order valence-electron chi connectivity index (χ4n) is 5.00. The third-order valence-electron chi connectivity index (χ3n) is 6.78. The molecule has 1 amide bonds. The maximum Gasteiger partial charge on any atom is 0.257 e. The Hall–Kier alpha value is -3.38. The van der Waals surface area contributed by atoms with Crippen LogP contribution < -0.4 is 5.32 Å². The van der Waals surface area contributed by atoms with Gasteiger partial charge in [0.15, 0.2) is 11.2 Å². The van der Waals surface area contributed by atoms with E-state index in [9.17, 15) is 13.6 Å². The number of rotatable bonds is 7. The molecule has 1 unspecified atom stereocenters. The molecule has 0 fully saturated rings. The van der Waals surface area contributed by atoms with E-state index in [-0.39, 0.29) is 23.8 Å². The van der Waals surface area contributed by atoms with Gasteiger partial charge in [-0.1, -0.05) is 35.3 Å². The largest absolute Gasteiger partial charge is 0.331 e. The number of hydrogen-bond donors (Lipinski definition) is 1. The monoisotopic (exact) mass is 601 g/mol. The van der Waals surface area contributed by atoms with E-state index in [4.69, 9.17) is 23.2 Å². The Morgan fingerprint density at radius 2 is 2.10 bits per heavy atom. The number of benzene rings is 2. The molecule has 0 saturated heterocycles. The summed E-state index contributed by atoms with van der Waals surface area (Å²) in [5, 5.41) is 10.7. The van der Waals surface area contributed by atoms with Crippen LogP contribution in [0.4, 0.5) is 13.9 Å². The number of hydrogen-bond acceptors (Lipinski definition) is 6. The van der Waals surface area contributed by atoms with E-state index in [1.807, 2.05) is 19.0 Å². The standard InChI is InChI=1S/C27H23Cl2F2N7OS/c1-36(2)10-15-4-3-14(7-20(15)31)17-9-19(28)18-12-38(35-23(18)22(17)29)25(26(39)34-27-32-5-6-40-27)24-21-8-16(30)11-37(21)13-33-24/h3-7,9,12-13,16,25H,8,10-11H2,1-2H3,(H,32,34,39)/t16-,25?/m1/s1. The first kappa shape index (κ1) is 26.8. The van der Waals surface area contributed by atoms with E-state index in [2.05, 4.69) is 20.4 Å². The third-order valence-corrected chi connectivity index (χ3v) is 8.16. The first-order valence-electron chi connectivity index (χ1n) is 12.4. The summed E-state index contributed by atoms with van der Waals surface area (Å²) in [6, 6.07) is 5.54. The molecule has 4 heterocycles. The lowest BCUT2D eigenvalue weighted by atomic mass is 10.0. The number of carbonyl (C=O) groups excluding carboxylic acids is 1. The van der Waals surface area contributed by atoms with E-state index in [1.165, 1.54) is 28.4 Å². The first-order chi connectivity index (χ1) is 19.2. The number of thiazole rings is 1. The molecular weight excluding hydrogens is 579 g/mol. The number of amides is 1. The van der Waals surface area contributed by atoms with Gasteiger partial charge in [0.2, 0.25) is 0 Å². The molecular formula is C27H23Cl2F2N7OS. The molecule has 0 bridgehead atoms. The van der Waals surface area contributed by atoms with Crippen molar-refractivity contribution in [3.63, 3.8) is 0 Å². The molecule has 1 aliphatic heterocycles. The van der Waals surface area contributed by atoms with Crippen LogP contribution in [0, 0.1) is 5.82 Å². The van der Waals surface area contributed by atoms with Gasteiger partial charge in [-0.15, -0.1) is 11.3 Å². The molecule has 13 heteroatoms. The molecule has 2 atom stereocenters. The van der Waals surface area contributed by atoms with E-state index in [0.29, 0.717) is 55.7 Å². The molecule has 206 valence electrons. The van der Waals surface area contributed by atoms with Crippen molar-refractivity contribution >= 4 is 56.5 Å². The van der Waals surface area contributed by atoms with Crippen LogP contribution in [-0.2, 0) is 24.3 Å². The zero-order chi connectivity index (χ0) is 28.1. The van der Waals surface area contributed by atoms with Crippen molar-refractivity contribution in [2.75, 3.05) is 19.4 Å². The van der Waals surface area contributed by atoms with Crippen LogP contribution >= 0.6 is 34.5 Å². The lowest BCUT2D eigenvalue weighted by Gasteiger charge is -2.16. The Morgan fingerprint density at radius 1 is 1.27 bits per heavy atom. The van der Waals surface area contributed by atoms with Gasteiger partial charge in [-0.05, 0) is 31.8 Å². The molecule has 6 rings (SSSR count). The summed E-state index contributed by atoms with van der Waals surface area (Å²) in [6.45, 7) is 0.629. The SMILES string of the molecule is CN(C)Cc1ccc(-c2cc(Cl)c3cn(C(C(=O)Nc4nccs4)c4ncn5c4C[C@@H](F)C5)nc3c2Cl)cc1F. The van der Waals surface area contributed by atoms with Gasteiger partial charge < -0.3 is 9.47 Å². The molecule has 40 heavy (non-hydrogen) atoms. The summed E-state index contributed by atoms with van der Waals surface area (Å²) >= 11 is 14.8. The second-order valence-electron chi connectivity index (χ2n) is 9.89. The predicted octanol–water partition coefficient (Wildman–Crippen LogP) is 5.99. The highest BCUT2D eigenvalue weighted by atomic mass is 35.5. The summed E-state index contributed by atoms with van der Waals surface area (Å²) in [5.41, 5.74) is 2.95. The molecule has 8 nitrogen and oxygen atoms in total. The van der Waals surface area contributed by atoms with Crippen LogP contribution in [0.25, 0.3) is 22.0 Å². The molecule has 2 aromatic carbocycles. The number of alkyl halides is 1. The highest BCUT2D eigenvalue weighted by molar-refractivity contribution is 7.13. The number of anilines is 1. The van der Waals surface area contributed by atoms with Gasteiger partial charge in [0.05, 0.1) is 28.6 Å². The number of halogens is 4. The Bertz CT molecular complexity index is 1730. The number of fused-ring (bicyclic) bond motifs is 2. The van der Waals surface area contributed by atoms with Crippen molar-refractivity contribution in [3.8, 4) is 11.1 Å². The minimum atomic E-state index is -1.06. The van der Waals surface area contributed by atoms with E-state index < -0.39 is 18.1 Å². The van der Waals surface area contributed by atoms with Crippen molar-refractivity contribution in [1.29, 1.82) is 0 Å². The van der Waals surface area contributed by atoms with Crippen LogP contribution in [0.2, 0.25) is 10.0 Å². The minimum Gasteiger partial charge on any atom is -0.331 e. The van der Waals surface area contributed by atoms with E-state index >= 15 is 0 Å². The van der Waals surface area contributed by atoms with Gasteiger partial charge in [0.1, 0.15) is 17.5 Å². The van der Waals surface area contributed by atoms with Gasteiger partial charge in [-0.3, -0.25) is 14.8 Å². The molecule has 3 aromatic heterocycles. The van der Waals surface area contributed by atoms with E-state index in [1.54, 1.807) is 40.5 Å². The second-order valence-corrected chi connectivity index (χ2v) is 11.6. The van der Waals surface area contributed by atoms with E-state index in [0.717, 1.165) is 0 Å². The number of imidazole rings is 1. The Labute approximate surface area is 242 Å².